The Morgan fingerprint density at radius 2 is 2.00 bits per heavy atom. The predicted molar refractivity (Wildman–Crippen MR) is 38.3 cm³/mol. The highest BCUT2D eigenvalue weighted by Gasteiger charge is 1.79. The molecule has 0 radical (unpaired) electrons. The highest BCUT2D eigenvalue weighted by molar-refractivity contribution is 7.23. The zero-order valence-electron chi connectivity index (χ0n) is 4.86. The lowest BCUT2D eigenvalue weighted by Gasteiger charge is -1.90. The summed E-state index contributed by atoms with van der Waals surface area (Å²) < 4.78 is 0. The molecule has 0 bridgehead atoms. The van der Waals surface area contributed by atoms with Crippen LogP contribution in [0.15, 0.2) is 23.5 Å². The Morgan fingerprint density at radius 3 is 2.00 bits per heavy atom. The molecule has 0 aromatic heterocycles. The second kappa shape index (κ2) is 2.98. The van der Waals surface area contributed by atoms with Gasteiger partial charge in [-0.3, -0.25) is 0 Å². The van der Waals surface area contributed by atoms with E-state index in [0.29, 0.717) is 0 Å². The van der Waals surface area contributed by atoms with Gasteiger partial charge in [-0.25, -0.2) is 0 Å². The van der Waals surface area contributed by atoms with Crippen molar-refractivity contribution in [3.05, 3.63) is 23.5 Å². The number of hydrogen-bond acceptors (Lipinski definition) is 0. The fraction of sp³-hybridized carbons (Fsp3) is 0.333. The van der Waals surface area contributed by atoms with Gasteiger partial charge in [0.05, 0.1) is 0 Å². The topological polar surface area (TPSA) is 0 Å². The van der Waals surface area contributed by atoms with Crippen molar-refractivity contribution in [2.75, 3.05) is 0 Å². The molecule has 0 nitrogen and oxygen atoms in total. The zero-order valence-corrected chi connectivity index (χ0v) is 6.02. The Bertz CT molecular complexity index is 96.7. The van der Waals surface area contributed by atoms with Crippen LogP contribution in [0.25, 0.3) is 0 Å². The fourth-order valence-electron chi connectivity index (χ4n) is 0.204. The predicted octanol–water partition coefficient (Wildman–Crippen LogP) is 2.34. The first kappa shape index (κ1) is 6.91. The van der Waals surface area contributed by atoms with E-state index in [2.05, 4.69) is 29.7 Å². The van der Waals surface area contributed by atoms with E-state index < -0.39 is 0 Å². The molecule has 0 aliphatic rings. The SMILES string of the molecule is C=CC(P)=C(C)C. The fourth-order valence-corrected chi connectivity index (χ4v) is 0.204. The molecule has 0 aromatic carbocycles. The van der Waals surface area contributed by atoms with Crippen LogP contribution in [0.3, 0.4) is 0 Å². The minimum Gasteiger partial charge on any atom is -0.106 e. The highest BCUT2D eigenvalue weighted by Crippen LogP contribution is 2.10. The van der Waals surface area contributed by atoms with Crippen molar-refractivity contribution in [2.45, 2.75) is 13.8 Å². The van der Waals surface area contributed by atoms with Gasteiger partial charge in [-0.15, -0.1) is 9.24 Å². The minimum atomic E-state index is 1.19. The molecule has 0 heterocycles. The first-order valence-electron chi connectivity index (χ1n) is 2.24. The third-order valence-corrected chi connectivity index (χ3v) is 1.61. The van der Waals surface area contributed by atoms with E-state index in [1.165, 1.54) is 10.9 Å². The summed E-state index contributed by atoms with van der Waals surface area (Å²) in [6, 6.07) is 0. The Balaban J connectivity index is 3.98. The highest BCUT2D eigenvalue weighted by atomic mass is 31.0. The van der Waals surface area contributed by atoms with E-state index in [0.717, 1.165) is 0 Å². The molecule has 0 aliphatic carbocycles. The van der Waals surface area contributed by atoms with E-state index in [9.17, 15) is 0 Å². The van der Waals surface area contributed by atoms with Gasteiger partial charge < -0.3 is 0 Å². The van der Waals surface area contributed by atoms with Crippen LogP contribution in [0.1, 0.15) is 13.8 Å². The van der Waals surface area contributed by atoms with Crippen LogP contribution in [0.5, 0.6) is 0 Å². The van der Waals surface area contributed by atoms with Crippen molar-refractivity contribution >= 4 is 9.24 Å². The van der Waals surface area contributed by atoms with Gasteiger partial charge >= 0.3 is 0 Å². The molecule has 0 aliphatic heterocycles. The molecule has 0 aromatic rings. The smallest absolute Gasteiger partial charge is 0.0322 e. The van der Waals surface area contributed by atoms with Gasteiger partial charge in [0.1, 0.15) is 0 Å². The summed E-state index contributed by atoms with van der Waals surface area (Å²) in [6.07, 6.45) is 1.83. The summed E-state index contributed by atoms with van der Waals surface area (Å²) in [6.45, 7) is 7.72. The van der Waals surface area contributed by atoms with Gasteiger partial charge in [0.2, 0.25) is 0 Å². The van der Waals surface area contributed by atoms with Crippen molar-refractivity contribution < 1.29 is 0 Å². The van der Waals surface area contributed by atoms with Gasteiger partial charge in [-0.2, -0.15) is 0 Å². The molecule has 7 heavy (non-hydrogen) atoms. The largest absolute Gasteiger partial charge is 0.106 e. The summed E-state index contributed by atoms with van der Waals surface area (Å²) in [5.41, 5.74) is 1.31. The molecule has 40 valence electrons. The van der Waals surface area contributed by atoms with E-state index in [-0.39, 0.29) is 0 Å². The number of allylic oxidation sites excluding steroid dienone is 3. The van der Waals surface area contributed by atoms with Crippen LogP contribution < -0.4 is 0 Å². The molecule has 0 saturated carbocycles. The van der Waals surface area contributed by atoms with Crippen LogP contribution in [0.2, 0.25) is 0 Å². The maximum absolute atomic E-state index is 3.60. The zero-order chi connectivity index (χ0) is 5.86. The Labute approximate surface area is 47.5 Å². The molecule has 0 rings (SSSR count). The summed E-state index contributed by atoms with van der Waals surface area (Å²) in [4.78, 5) is 0. The number of rotatable bonds is 1. The molecular weight excluding hydrogens is 103 g/mol. The van der Waals surface area contributed by atoms with Crippen LogP contribution in [0, 0.1) is 0 Å². The molecule has 1 unspecified atom stereocenters. The van der Waals surface area contributed by atoms with Crippen LogP contribution in [0.4, 0.5) is 0 Å². The quantitative estimate of drug-likeness (QED) is 0.362. The summed E-state index contributed by atoms with van der Waals surface area (Å²) >= 11 is 0. The number of hydrogen-bond donors (Lipinski definition) is 0. The maximum atomic E-state index is 3.60. The first-order valence-corrected chi connectivity index (χ1v) is 2.81. The van der Waals surface area contributed by atoms with Gasteiger partial charge in [-0.1, -0.05) is 18.2 Å². The van der Waals surface area contributed by atoms with Crippen molar-refractivity contribution in [3.8, 4) is 0 Å². The summed E-state index contributed by atoms with van der Waals surface area (Å²) in [7, 11) is 2.61. The monoisotopic (exact) mass is 114 g/mol. The average molecular weight is 114 g/mol. The van der Waals surface area contributed by atoms with E-state index in [1.54, 1.807) is 0 Å². The lowest BCUT2D eigenvalue weighted by molar-refractivity contribution is 1.38. The maximum Gasteiger partial charge on any atom is -0.0322 e. The van der Waals surface area contributed by atoms with E-state index in [1.807, 2.05) is 6.08 Å². The normalized spacial score (nSPS) is 7.86. The molecule has 0 fully saturated rings. The average Bonchev–Trinajstić information content (AvgIpc) is 1.65. The van der Waals surface area contributed by atoms with Gasteiger partial charge in [-0.05, 0) is 19.2 Å². The molecule has 1 atom stereocenters. The van der Waals surface area contributed by atoms with Gasteiger partial charge in [0.15, 0.2) is 0 Å². The Morgan fingerprint density at radius 1 is 1.57 bits per heavy atom. The van der Waals surface area contributed by atoms with Crippen LogP contribution in [-0.4, -0.2) is 0 Å². The van der Waals surface area contributed by atoms with Crippen LogP contribution in [-0.2, 0) is 0 Å². The molecule has 0 N–H and O–H groups in total. The molecule has 1 heteroatoms. The molecule has 0 saturated heterocycles. The minimum absolute atomic E-state index is 1.19. The first-order chi connectivity index (χ1) is 3.18. The Hall–Kier alpha value is -0.0900. The van der Waals surface area contributed by atoms with Crippen molar-refractivity contribution in [1.82, 2.24) is 0 Å². The molecule has 0 amide bonds. The summed E-state index contributed by atoms with van der Waals surface area (Å²) in [5.74, 6) is 0. The van der Waals surface area contributed by atoms with Crippen molar-refractivity contribution in [2.24, 2.45) is 0 Å². The molecular formula is C6H11P. The lowest BCUT2D eigenvalue weighted by atomic mass is 10.3. The lowest BCUT2D eigenvalue weighted by Crippen LogP contribution is -1.64. The standard InChI is InChI=1S/C6H11P/c1-4-6(7)5(2)3/h4H,1,7H2,2-3H3. The van der Waals surface area contributed by atoms with Gasteiger partial charge in [0.25, 0.3) is 0 Å². The van der Waals surface area contributed by atoms with Crippen LogP contribution >= 0.6 is 9.24 Å². The summed E-state index contributed by atoms with van der Waals surface area (Å²) in [5, 5.41) is 1.19. The Kier molecular flexibility index (Phi) is 2.95. The van der Waals surface area contributed by atoms with Crippen molar-refractivity contribution in [3.63, 3.8) is 0 Å². The third-order valence-electron chi connectivity index (χ3n) is 0.797. The second-order valence-corrected chi connectivity index (χ2v) is 2.28. The van der Waals surface area contributed by atoms with Gasteiger partial charge in [0, 0.05) is 0 Å². The van der Waals surface area contributed by atoms with E-state index >= 15 is 0 Å². The van der Waals surface area contributed by atoms with E-state index in [4.69, 9.17) is 0 Å². The third kappa shape index (κ3) is 2.59. The molecule has 0 spiro atoms. The second-order valence-electron chi connectivity index (χ2n) is 1.66. The van der Waals surface area contributed by atoms with Crippen molar-refractivity contribution in [1.29, 1.82) is 0 Å².